The van der Waals surface area contributed by atoms with Crippen LogP contribution in [0.4, 0.5) is 0 Å². The van der Waals surface area contributed by atoms with Crippen LogP contribution in [-0.2, 0) is 4.74 Å². The standard InChI is InChI=1S/C9H15NO/c1-9(4-10)3-5-2-6(9)8-7(5)11-8/h5-8H,2-4,10H2,1H3. The summed E-state index contributed by atoms with van der Waals surface area (Å²) in [6.07, 6.45) is 3.97. The van der Waals surface area contributed by atoms with Crippen molar-refractivity contribution in [2.75, 3.05) is 6.54 Å². The van der Waals surface area contributed by atoms with Crippen molar-refractivity contribution in [1.29, 1.82) is 0 Å². The molecule has 5 unspecified atom stereocenters. The molecule has 3 fully saturated rings. The Morgan fingerprint density at radius 3 is 2.91 bits per heavy atom. The molecule has 62 valence electrons. The highest BCUT2D eigenvalue weighted by molar-refractivity contribution is 5.14. The van der Waals surface area contributed by atoms with Gasteiger partial charge in [0.1, 0.15) is 0 Å². The van der Waals surface area contributed by atoms with Crippen molar-refractivity contribution in [2.45, 2.75) is 32.0 Å². The molecule has 3 aliphatic rings. The molecular weight excluding hydrogens is 138 g/mol. The summed E-state index contributed by atoms with van der Waals surface area (Å²) in [5, 5.41) is 0. The van der Waals surface area contributed by atoms with E-state index in [-0.39, 0.29) is 0 Å². The van der Waals surface area contributed by atoms with Crippen LogP contribution in [0.25, 0.3) is 0 Å². The molecule has 3 rings (SSSR count). The molecule has 2 heteroatoms. The zero-order valence-corrected chi connectivity index (χ0v) is 6.92. The van der Waals surface area contributed by atoms with Gasteiger partial charge in [-0.15, -0.1) is 0 Å². The van der Waals surface area contributed by atoms with Crippen LogP contribution in [0.2, 0.25) is 0 Å². The highest BCUT2D eigenvalue weighted by Crippen LogP contribution is 2.63. The lowest BCUT2D eigenvalue weighted by atomic mass is 9.75. The molecule has 1 saturated heterocycles. The molecule has 5 atom stereocenters. The second-order valence-corrected chi connectivity index (χ2v) is 4.73. The van der Waals surface area contributed by atoms with Gasteiger partial charge in [-0.25, -0.2) is 0 Å². The lowest BCUT2D eigenvalue weighted by molar-refractivity contribution is 0.189. The molecule has 11 heavy (non-hydrogen) atoms. The topological polar surface area (TPSA) is 38.5 Å². The van der Waals surface area contributed by atoms with Crippen molar-refractivity contribution in [1.82, 2.24) is 0 Å². The van der Waals surface area contributed by atoms with Crippen LogP contribution in [-0.4, -0.2) is 18.8 Å². The highest BCUT2D eigenvalue weighted by Gasteiger charge is 2.66. The van der Waals surface area contributed by atoms with Crippen molar-refractivity contribution < 1.29 is 4.74 Å². The minimum absolute atomic E-state index is 0.419. The van der Waals surface area contributed by atoms with Gasteiger partial charge in [-0.2, -0.15) is 0 Å². The van der Waals surface area contributed by atoms with E-state index in [1.165, 1.54) is 12.8 Å². The fourth-order valence-corrected chi connectivity index (χ4v) is 3.30. The Morgan fingerprint density at radius 2 is 2.36 bits per heavy atom. The fourth-order valence-electron chi connectivity index (χ4n) is 3.30. The maximum Gasteiger partial charge on any atom is 0.0878 e. The highest BCUT2D eigenvalue weighted by atomic mass is 16.6. The maximum atomic E-state index is 5.78. The molecule has 1 aliphatic heterocycles. The van der Waals surface area contributed by atoms with E-state index >= 15 is 0 Å². The maximum absolute atomic E-state index is 5.78. The minimum atomic E-state index is 0.419. The summed E-state index contributed by atoms with van der Waals surface area (Å²) in [7, 11) is 0. The van der Waals surface area contributed by atoms with Crippen LogP contribution in [0.5, 0.6) is 0 Å². The van der Waals surface area contributed by atoms with Crippen LogP contribution in [0.1, 0.15) is 19.8 Å². The Hall–Kier alpha value is -0.0800. The molecule has 0 aromatic carbocycles. The smallest absolute Gasteiger partial charge is 0.0878 e. The molecule has 0 aromatic rings. The number of nitrogens with two attached hydrogens (primary N) is 1. The Bertz CT molecular complexity index is 206. The molecule has 1 heterocycles. The molecule has 2 bridgehead atoms. The van der Waals surface area contributed by atoms with Crippen molar-refractivity contribution in [3.05, 3.63) is 0 Å². The first-order chi connectivity index (χ1) is 5.24. The molecule has 0 radical (unpaired) electrons. The van der Waals surface area contributed by atoms with E-state index in [0.717, 1.165) is 18.4 Å². The third-order valence-corrected chi connectivity index (χ3v) is 4.07. The van der Waals surface area contributed by atoms with E-state index in [0.29, 0.717) is 17.6 Å². The summed E-state index contributed by atoms with van der Waals surface area (Å²) in [4.78, 5) is 0. The first-order valence-electron chi connectivity index (χ1n) is 4.60. The Morgan fingerprint density at radius 1 is 1.55 bits per heavy atom. The quantitative estimate of drug-likeness (QED) is 0.565. The monoisotopic (exact) mass is 153 g/mol. The molecule has 2 nitrogen and oxygen atoms in total. The SMILES string of the molecule is CC1(CN)CC2CC1C1OC21. The number of ether oxygens (including phenoxy) is 1. The van der Waals surface area contributed by atoms with E-state index in [1.807, 2.05) is 0 Å². The molecule has 2 N–H and O–H groups in total. The second-order valence-electron chi connectivity index (χ2n) is 4.73. The number of hydrogen-bond donors (Lipinski definition) is 1. The first-order valence-corrected chi connectivity index (χ1v) is 4.60. The van der Waals surface area contributed by atoms with E-state index < -0.39 is 0 Å². The third kappa shape index (κ3) is 0.611. The minimum Gasteiger partial charge on any atom is -0.369 e. The predicted molar refractivity (Wildman–Crippen MR) is 42.0 cm³/mol. The first kappa shape index (κ1) is 6.44. The molecule has 2 aliphatic carbocycles. The average molecular weight is 153 g/mol. The van der Waals surface area contributed by atoms with Gasteiger partial charge in [-0.05, 0) is 36.6 Å². The third-order valence-electron chi connectivity index (χ3n) is 4.07. The molecule has 0 aromatic heterocycles. The lowest BCUT2D eigenvalue weighted by Crippen LogP contribution is -2.35. The van der Waals surface area contributed by atoms with Crippen molar-refractivity contribution >= 4 is 0 Å². The summed E-state index contributed by atoms with van der Waals surface area (Å²) in [5.41, 5.74) is 6.20. The van der Waals surface area contributed by atoms with Crippen molar-refractivity contribution in [3.63, 3.8) is 0 Å². The molecular formula is C9H15NO. The van der Waals surface area contributed by atoms with Crippen molar-refractivity contribution in [2.24, 2.45) is 23.0 Å². The summed E-state index contributed by atoms with van der Waals surface area (Å²) in [6, 6.07) is 0. The van der Waals surface area contributed by atoms with E-state index in [1.54, 1.807) is 0 Å². The zero-order chi connectivity index (χ0) is 7.64. The van der Waals surface area contributed by atoms with Crippen LogP contribution in [0, 0.1) is 17.3 Å². The summed E-state index contributed by atoms with van der Waals surface area (Å²) < 4.78 is 5.58. The van der Waals surface area contributed by atoms with Gasteiger partial charge in [0.2, 0.25) is 0 Å². The van der Waals surface area contributed by atoms with E-state index in [4.69, 9.17) is 10.5 Å². The van der Waals surface area contributed by atoms with Crippen molar-refractivity contribution in [3.8, 4) is 0 Å². The van der Waals surface area contributed by atoms with Gasteiger partial charge >= 0.3 is 0 Å². The number of epoxide rings is 1. The van der Waals surface area contributed by atoms with E-state index in [2.05, 4.69) is 6.92 Å². The van der Waals surface area contributed by atoms with Crippen LogP contribution >= 0.6 is 0 Å². The normalized spacial score (nSPS) is 64.9. The van der Waals surface area contributed by atoms with Crippen LogP contribution in [0.15, 0.2) is 0 Å². The molecule has 2 saturated carbocycles. The number of rotatable bonds is 1. The number of hydrogen-bond acceptors (Lipinski definition) is 2. The van der Waals surface area contributed by atoms with Gasteiger partial charge in [-0.1, -0.05) is 6.92 Å². The number of fused-ring (bicyclic) bond motifs is 5. The average Bonchev–Trinajstić information content (AvgIpc) is 2.65. The van der Waals surface area contributed by atoms with Gasteiger partial charge in [0.15, 0.2) is 0 Å². The fraction of sp³-hybridized carbons (Fsp3) is 1.00. The van der Waals surface area contributed by atoms with Gasteiger partial charge in [0, 0.05) is 0 Å². The largest absolute Gasteiger partial charge is 0.369 e. The summed E-state index contributed by atoms with van der Waals surface area (Å²) in [6.45, 7) is 3.18. The predicted octanol–water partition coefficient (Wildman–Crippen LogP) is 0.759. The summed E-state index contributed by atoms with van der Waals surface area (Å²) >= 11 is 0. The molecule has 0 spiro atoms. The van der Waals surface area contributed by atoms with E-state index in [9.17, 15) is 0 Å². The van der Waals surface area contributed by atoms with Gasteiger partial charge in [0.25, 0.3) is 0 Å². The zero-order valence-electron chi connectivity index (χ0n) is 6.92. The van der Waals surface area contributed by atoms with Gasteiger partial charge in [0.05, 0.1) is 12.2 Å². The van der Waals surface area contributed by atoms with Crippen LogP contribution in [0.3, 0.4) is 0 Å². The second kappa shape index (κ2) is 1.64. The van der Waals surface area contributed by atoms with Crippen LogP contribution < -0.4 is 5.73 Å². The molecule has 0 amide bonds. The Labute approximate surface area is 67.1 Å². The lowest BCUT2D eigenvalue weighted by Gasteiger charge is -2.30. The summed E-state index contributed by atoms with van der Waals surface area (Å²) in [5.74, 6) is 1.65. The van der Waals surface area contributed by atoms with Gasteiger partial charge < -0.3 is 10.5 Å². The Kier molecular flexibility index (Phi) is 0.961. The van der Waals surface area contributed by atoms with Gasteiger partial charge in [-0.3, -0.25) is 0 Å². The Balaban J connectivity index is 1.92.